The minimum absolute atomic E-state index is 0.216. The second-order valence-electron chi connectivity index (χ2n) is 5.90. The first kappa shape index (κ1) is 18.3. The lowest BCUT2D eigenvalue weighted by Gasteiger charge is -2.19. The maximum absolute atomic E-state index is 12.6. The normalized spacial score (nSPS) is 12.3. The molecule has 0 saturated carbocycles. The summed E-state index contributed by atoms with van der Waals surface area (Å²) < 4.78 is 7.75. The molecule has 26 heavy (non-hydrogen) atoms. The van der Waals surface area contributed by atoms with Gasteiger partial charge in [0.1, 0.15) is 6.04 Å². The van der Waals surface area contributed by atoms with Gasteiger partial charge in [-0.05, 0) is 32.0 Å². The third-order valence-electron chi connectivity index (χ3n) is 3.44. The summed E-state index contributed by atoms with van der Waals surface area (Å²) in [5.41, 5.74) is 0.681. The van der Waals surface area contributed by atoms with E-state index in [4.69, 9.17) is 16.3 Å². The van der Waals surface area contributed by atoms with Crippen molar-refractivity contribution in [2.75, 3.05) is 0 Å². The third kappa shape index (κ3) is 4.39. The van der Waals surface area contributed by atoms with Gasteiger partial charge in [-0.15, -0.1) is 11.3 Å². The molecule has 7 nitrogen and oxygen atoms in total. The highest BCUT2D eigenvalue weighted by Gasteiger charge is 2.25. The average Bonchev–Trinajstić information content (AvgIpc) is 3.22. The van der Waals surface area contributed by atoms with Gasteiger partial charge in [0.15, 0.2) is 5.01 Å². The summed E-state index contributed by atoms with van der Waals surface area (Å²) in [6.45, 7) is 3.73. The van der Waals surface area contributed by atoms with Crippen molar-refractivity contribution in [3.8, 4) is 0 Å². The van der Waals surface area contributed by atoms with E-state index in [1.807, 2.05) is 0 Å². The van der Waals surface area contributed by atoms with E-state index >= 15 is 0 Å². The summed E-state index contributed by atoms with van der Waals surface area (Å²) in [5.74, 6) is -0.945. The molecule has 1 amide bonds. The highest BCUT2D eigenvalue weighted by atomic mass is 35.5. The molecule has 2 aromatic heterocycles. The molecule has 1 N–H and O–H groups in total. The van der Waals surface area contributed by atoms with Crippen molar-refractivity contribution in [3.63, 3.8) is 0 Å². The molecule has 0 aliphatic heterocycles. The lowest BCUT2D eigenvalue weighted by Crippen LogP contribution is -2.45. The first-order valence-corrected chi connectivity index (χ1v) is 9.15. The van der Waals surface area contributed by atoms with Crippen LogP contribution in [-0.4, -0.2) is 38.6 Å². The van der Waals surface area contributed by atoms with Crippen molar-refractivity contribution in [2.24, 2.45) is 0 Å². The standard InChI is InChI=1S/C17H17ClN4O3S/c1-10(2)25-17(24)13(8-22-6-5-19-9-22)20-15(23)16-21-12-4-3-11(18)7-14(12)26-16/h3-7,9-10,13H,8H2,1-2H3,(H,20,23). The lowest BCUT2D eigenvalue weighted by molar-refractivity contribution is -0.150. The minimum atomic E-state index is -0.852. The van der Waals surface area contributed by atoms with Crippen LogP contribution in [0.25, 0.3) is 10.2 Å². The van der Waals surface area contributed by atoms with Crippen molar-refractivity contribution < 1.29 is 14.3 Å². The first-order chi connectivity index (χ1) is 12.4. The summed E-state index contributed by atoms with van der Waals surface area (Å²) in [6, 6.07) is 4.37. The Bertz CT molecular complexity index is 923. The van der Waals surface area contributed by atoms with E-state index in [0.29, 0.717) is 10.5 Å². The number of esters is 1. The molecular formula is C17H17ClN4O3S. The molecule has 1 atom stereocenters. The Hall–Kier alpha value is -2.45. The molecule has 9 heteroatoms. The second kappa shape index (κ2) is 7.84. The minimum Gasteiger partial charge on any atom is -0.461 e. The van der Waals surface area contributed by atoms with Gasteiger partial charge in [0.25, 0.3) is 5.91 Å². The van der Waals surface area contributed by atoms with Crippen LogP contribution in [0.5, 0.6) is 0 Å². The summed E-state index contributed by atoms with van der Waals surface area (Å²) in [7, 11) is 0. The molecule has 0 bridgehead atoms. The molecule has 0 aliphatic carbocycles. The Morgan fingerprint density at radius 3 is 2.88 bits per heavy atom. The number of ether oxygens (including phenoxy) is 1. The molecule has 0 fully saturated rings. The fourth-order valence-corrected chi connectivity index (χ4v) is 3.46. The van der Waals surface area contributed by atoms with Crippen LogP contribution in [0.1, 0.15) is 23.6 Å². The van der Waals surface area contributed by atoms with E-state index in [1.165, 1.54) is 11.3 Å². The van der Waals surface area contributed by atoms with Crippen LogP contribution >= 0.6 is 22.9 Å². The molecule has 0 spiro atoms. The van der Waals surface area contributed by atoms with Gasteiger partial charge < -0.3 is 14.6 Å². The SMILES string of the molecule is CC(C)OC(=O)C(Cn1ccnc1)NC(=O)c1nc2ccc(Cl)cc2s1. The van der Waals surface area contributed by atoms with Gasteiger partial charge in [-0.2, -0.15) is 0 Å². The predicted molar refractivity (Wildman–Crippen MR) is 99.3 cm³/mol. The third-order valence-corrected chi connectivity index (χ3v) is 4.69. The van der Waals surface area contributed by atoms with Crippen molar-refractivity contribution >= 4 is 45.0 Å². The largest absolute Gasteiger partial charge is 0.461 e. The Morgan fingerprint density at radius 1 is 1.38 bits per heavy atom. The van der Waals surface area contributed by atoms with E-state index in [0.717, 1.165) is 4.70 Å². The Labute approximate surface area is 159 Å². The van der Waals surface area contributed by atoms with E-state index in [-0.39, 0.29) is 17.7 Å². The van der Waals surface area contributed by atoms with E-state index in [1.54, 1.807) is 55.3 Å². The van der Waals surface area contributed by atoms with Crippen LogP contribution in [0.2, 0.25) is 5.02 Å². The number of imidazole rings is 1. The Morgan fingerprint density at radius 2 is 2.19 bits per heavy atom. The molecule has 1 unspecified atom stereocenters. The van der Waals surface area contributed by atoms with Crippen LogP contribution in [0, 0.1) is 0 Å². The highest BCUT2D eigenvalue weighted by Crippen LogP contribution is 2.25. The topological polar surface area (TPSA) is 86.1 Å². The lowest BCUT2D eigenvalue weighted by atomic mass is 10.2. The Kier molecular flexibility index (Phi) is 5.53. The number of hydrogen-bond donors (Lipinski definition) is 1. The number of fused-ring (bicyclic) bond motifs is 1. The number of hydrogen-bond acceptors (Lipinski definition) is 6. The van der Waals surface area contributed by atoms with E-state index in [2.05, 4.69) is 15.3 Å². The van der Waals surface area contributed by atoms with Crippen molar-refractivity contribution in [1.82, 2.24) is 19.9 Å². The number of benzene rings is 1. The van der Waals surface area contributed by atoms with Crippen LogP contribution in [0.3, 0.4) is 0 Å². The van der Waals surface area contributed by atoms with Gasteiger partial charge in [-0.1, -0.05) is 11.6 Å². The molecule has 0 saturated heterocycles. The highest BCUT2D eigenvalue weighted by molar-refractivity contribution is 7.20. The van der Waals surface area contributed by atoms with E-state index < -0.39 is 17.9 Å². The van der Waals surface area contributed by atoms with E-state index in [9.17, 15) is 9.59 Å². The molecule has 0 aliphatic rings. The van der Waals surface area contributed by atoms with Crippen molar-refractivity contribution in [1.29, 1.82) is 0 Å². The van der Waals surface area contributed by atoms with Crippen LogP contribution in [0.4, 0.5) is 0 Å². The maximum atomic E-state index is 12.6. The fourth-order valence-electron chi connectivity index (χ4n) is 2.31. The van der Waals surface area contributed by atoms with Gasteiger partial charge in [0.2, 0.25) is 0 Å². The van der Waals surface area contributed by atoms with Gasteiger partial charge >= 0.3 is 5.97 Å². The molecule has 2 heterocycles. The van der Waals surface area contributed by atoms with Gasteiger partial charge in [-0.3, -0.25) is 4.79 Å². The summed E-state index contributed by atoms with van der Waals surface area (Å²) in [5, 5.41) is 3.54. The van der Waals surface area contributed by atoms with Crippen LogP contribution in [-0.2, 0) is 16.1 Å². The van der Waals surface area contributed by atoms with Crippen LogP contribution < -0.4 is 5.32 Å². The molecule has 1 aromatic carbocycles. The number of amides is 1. The van der Waals surface area contributed by atoms with Gasteiger partial charge in [0.05, 0.1) is 29.2 Å². The Balaban J connectivity index is 1.79. The predicted octanol–water partition coefficient (Wildman–Crippen LogP) is 2.90. The number of rotatable bonds is 6. The number of carbonyl (C=O) groups is 2. The van der Waals surface area contributed by atoms with Crippen molar-refractivity contribution in [3.05, 3.63) is 47.0 Å². The number of nitrogens with one attached hydrogen (secondary N) is 1. The summed E-state index contributed by atoms with van der Waals surface area (Å²) in [4.78, 5) is 33.2. The maximum Gasteiger partial charge on any atom is 0.330 e. The van der Waals surface area contributed by atoms with Gasteiger partial charge in [-0.25, -0.2) is 14.8 Å². The zero-order chi connectivity index (χ0) is 18.7. The molecule has 3 rings (SSSR count). The zero-order valence-electron chi connectivity index (χ0n) is 14.2. The van der Waals surface area contributed by atoms with Crippen LogP contribution in [0.15, 0.2) is 36.9 Å². The van der Waals surface area contributed by atoms with Gasteiger partial charge in [0, 0.05) is 17.4 Å². The number of aromatic nitrogens is 3. The number of nitrogens with zero attached hydrogens (tertiary/aromatic N) is 3. The molecule has 3 aromatic rings. The fraction of sp³-hybridized carbons (Fsp3) is 0.294. The smallest absolute Gasteiger partial charge is 0.330 e. The molecular weight excluding hydrogens is 376 g/mol. The second-order valence-corrected chi connectivity index (χ2v) is 7.37. The molecule has 0 radical (unpaired) electrons. The number of thiazole rings is 1. The average molecular weight is 393 g/mol. The monoisotopic (exact) mass is 392 g/mol. The van der Waals surface area contributed by atoms with Crippen molar-refractivity contribution in [2.45, 2.75) is 32.5 Å². The molecule has 136 valence electrons. The first-order valence-electron chi connectivity index (χ1n) is 7.95. The number of carbonyl (C=O) groups excluding carboxylic acids is 2. The zero-order valence-corrected chi connectivity index (χ0v) is 15.8. The quantitative estimate of drug-likeness (QED) is 0.652. The summed E-state index contributed by atoms with van der Waals surface area (Å²) in [6.07, 6.45) is 4.60. The summed E-state index contributed by atoms with van der Waals surface area (Å²) >= 11 is 7.19. The number of halogens is 1.